The fourth-order valence-corrected chi connectivity index (χ4v) is 3.53. The number of aromatic nitrogens is 2. The highest BCUT2D eigenvalue weighted by atomic mass is 32.1. The maximum atomic E-state index is 12.6. The quantitative estimate of drug-likeness (QED) is 0.835. The smallest absolute Gasteiger partial charge is 0.409 e. The van der Waals surface area contributed by atoms with Crippen LogP contribution in [0.1, 0.15) is 26.0 Å². The molecule has 25 heavy (non-hydrogen) atoms. The third-order valence-corrected chi connectivity index (χ3v) is 4.89. The Hall–Kier alpha value is -2.09. The largest absolute Gasteiger partial charge is 0.449 e. The van der Waals surface area contributed by atoms with Gasteiger partial charge < -0.3 is 14.5 Å². The van der Waals surface area contributed by atoms with Crippen LogP contribution in [0, 0.1) is 5.92 Å². The first kappa shape index (κ1) is 17.7. The fourth-order valence-electron chi connectivity index (χ4n) is 2.81. The minimum Gasteiger partial charge on any atom is -0.449 e. The van der Waals surface area contributed by atoms with Gasteiger partial charge >= 0.3 is 6.09 Å². The van der Waals surface area contributed by atoms with Crippen LogP contribution < -0.4 is 0 Å². The van der Waals surface area contributed by atoms with Gasteiger partial charge in [-0.3, -0.25) is 9.20 Å². The Morgan fingerprint density at radius 2 is 2.00 bits per heavy atom. The van der Waals surface area contributed by atoms with Crippen LogP contribution in [0.5, 0.6) is 0 Å². The molecule has 0 spiro atoms. The molecule has 0 atom stereocenters. The van der Waals surface area contributed by atoms with E-state index in [4.69, 9.17) is 4.74 Å². The van der Waals surface area contributed by atoms with Crippen molar-refractivity contribution in [3.8, 4) is 0 Å². The maximum Gasteiger partial charge on any atom is 0.409 e. The molecule has 3 rings (SSSR count). The van der Waals surface area contributed by atoms with Crippen molar-refractivity contribution in [2.24, 2.45) is 5.92 Å². The normalized spacial score (nSPS) is 15.6. The molecule has 2 aromatic rings. The van der Waals surface area contributed by atoms with Crippen LogP contribution in [0.15, 0.2) is 17.8 Å². The molecular formula is C17H24N4O3S. The Balaban J connectivity index is 1.52. The fraction of sp³-hybridized carbons (Fsp3) is 0.588. The summed E-state index contributed by atoms with van der Waals surface area (Å²) in [6, 6.07) is 0. The molecule has 2 amide bonds. The first-order valence-electron chi connectivity index (χ1n) is 8.63. The van der Waals surface area contributed by atoms with Crippen LogP contribution in [0.2, 0.25) is 0 Å². The van der Waals surface area contributed by atoms with E-state index >= 15 is 0 Å². The van der Waals surface area contributed by atoms with Crippen LogP contribution in [-0.4, -0.2) is 64.0 Å². The van der Waals surface area contributed by atoms with E-state index in [2.05, 4.69) is 4.98 Å². The lowest BCUT2D eigenvalue weighted by atomic mass is 10.2. The van der Waals surface area contributed by atoms with Gasteiger partial charge in [-0.1, -0.05) is 13.8 Å². The number of imidazole rings is 1. The summed E-state index contributed by atoms with van der Waals surface area (Å²) in [7, 11) is 0. The van der Waals surface area contributed by atoms with Crippen molar-refractivity contribution in [2.45, 2.75) is 26.7 Å². The van der Waals surface area contributed by atoms with E-state index in [0.29, 0.717) is 45.1 Å². The van der Waals surface area contributed by atoms with Crippen molar-refractivity contribution < 1.29 is 14.3 Å². The summed E-state index contributed by atoms with van der Waals surface area (Å²) in [4.78, 5) is 33.5. The van der Waals surface area contributed by atoms with E-state index < -0.39 is 0 Å². The molecule has 0 unspecified atom stereocenters. The number of nitrogens with zero attached hydrogens (tertiary/aromatic N) is 4. The first-order valence-corrected chi connectivity index (χ1v) is 9.51. The van der Waals surface area contributed by atoms with Crippen LogP contribution in [-0.2, 0) is 16.0 Å². The second kappa shape index (κ2) is 7.86. The number of thiazole rings is 1. The lowest BCUT2D eigenvalue weighted by molar-refractivity contribution is -0.130. The Bertz CT molecular complexity index is 711. The highest BCUT2D eigenvalue weighted by Crippen LogP contribution is 2.13. The third kappa shape index (κ3) is 4.50. The average Bonchev–Trinajstić information content (AvgIpc) is 3.04. The van der Waals surface area contributed by atoms with Crippen molar-refractivity contribution >= 4 is 28.3 Å². The van der Waals surface area contributed by atoms with Gasteiger partial charge in [0.2, 0.25) is 5.91 Å². The number of ether oxygens (including phenoxy) is 1. The van der Waals surface area contributed by atoms with Crippen LogP contribution in [0.4, 0.5) is 4.79 Å². The predicted molar refractivity (Wildman–Crippen MR) is 95.7 cm³/mol. The Morgan fingerprint density at radius 1 is 1.24 bits per heavy atom. The predicted octanol–water partition coefficient (Wildman–Crippen LogP) is 2.27. The van der Waals surface area contributed by atoms with E-state index in [9.17, 15) is 9.59 Å². The number of carbonyl (C=O) groups excluding carboxylic acids is 2. The molecular weight excluding hydrogens is 340 g/mol. The van der Waals surface area contributed by atoms with Gasteiger partial charge in [0.05, 0.1) is 18.7 Å². The van der Waals surface area contributed by atoms with Crippen molar-refractivity contribution in [1.29, 1.82) is 0 Å². The molecule has 1 aliphatic rings. The minimum atomic E-state index is -0.280. The SMILES string of the molecule is CC(C)COC(=O)N1CCCN(C(=O)Cc2cn3ccsc3n2)CC1. The summed E-state index contributed by atoms with van der Waals surface area (Å²) in [5, 5.41) is 1.97. The molecule has 1 fully saturated rings. The number of rotatable bonds is 4. The van der Waals surface area contributed by atoms with Gasteiger partial charge in [0.1, 0.15) is 0 Å². The number of hydrogen-bond acceptors (Lipinski definition) is 5. The second-order valence-corrected chi connectivity index (χ2v) is 7.57. The monoisotopic (exact) mass is 364 g/mol. The molecule has 8 heteroatoms. The van der Waals surface area contributed by atoms with E-state index in [-0.39, 0.29) is 12.0 Å². The van der Waals surface area contributed by atoms with E-state index in [1.165, 1.54) is 0 Å². The van der Waals surface area contributed by atoms with Crippen molar-refractivity contribution in [2.75, 3.05) is 32.8 Å². The summed E-state index contributed by atoms with van der Waals surface area (Å²) < 4.78 is 7.22. The number of hydrogen-bond donors (Lipinski definition) is 0. The van der Waals surface area contributed by atoms with Gasteiger partial charge in [-0.15, -0.1) is 11.3 Å². The molecule has 0 aliphatic carbocycles. The topological polar surface area (TPSA) is 67.2 Å². The van der Waals surface area contributed by atoms with Gasteiger partial charge in [0.15, 0.2) is 4.96 Å². The van der Waals surface area contributed by atoms with Crippen LogP contribution in [0.3, 0.4) is 0 Å². The van der Waals surface area contributed by atoms with Gasteiger partial charge in [-0.2, -0.15) is 0 Å². The lowest BCUT2D eigenvalue weighted by Crippen LogP contribution is -2.38. The summed E-state index contributed by atoms with van der Waals surface area (Å²) in [6.07, 6.45) is 4.62. The van der Waals surface area contributed by atoms with Gasteiger partial charge in [0.25, 0.3) is 0 Å². The van der Waals surface area contributed by atoms with Crippen LogP contribution in [0.25, 0.3) is 4.96 Å². The van der Waals surface area contributed by atoms with Crippen molar-refractivity contribution in [1.82, 2.24) is 19.2 Å². The summed E-state index contributed by atoms with van der Waals surface area (Å²) in [6.45, 7) is 6.79. The molecule has 1 aliphatic heterocycles. The number of amides is 2. The summed E-state index contributed by atoms with van der Waals surface area (Å²) >= 11 is 1.55. The molecule has 3 heterocycles. The average molecular weight is 364 g/mol. The highest BCUT2D eigenvalue weighted by Gasteiger charge is 2.23. The third-order valence-electron chi connectivity index (χ3n) is 4.12. The van der Waals surface area contributed by atoms with Gasteiger partial charge in [0, 0.05) is 44.0 Å². The molecule has 0 bridgehead atoms. The van der Waals surface area contributed by atoms with E-state index in [1.54, 1.807) is 16.2 Å². The van der Waals surface area contributed by atoms with Gasteiger partial charge in [-0.25, -0.2) is 9.78 Å². The summed E-state index contributed by atoms with van der Waals surface area (Å²) in [5.41, 5.74) is 0.786. The Morgan fingerprint density at radius 3 is 2.76 bits per heavy atom. The van der Waals surface area contributed by atoms with Crippen LogP contribution >= 0.6 is 11.3 Å². The lowest BCUT2D eigenvalue weighted by Gasteiger charge is -2.22. The second-order valence-electron chi connectivity index (χ2n) is 6.69. The molecule has 0 N–H and O–H groups in total. The molecule has 1 saturated heterocycles. The zero-order valence-corrected chi connectivity index (χ0v) is 15.5. The highest BCUT2D eigenvalue weighted by molar-refractivity contribution is 7.15. The summed E-state index contributed by atoms with van der Waals surface area (Å²) in [5.74, 6) is 0.377. The molecule has 7 nitrogen and oxygen atoms in total. The zero-order valence-electron chi connectivity index (χ0n) is 14.7. The Kier molecular flexibility index (Phi) is 5.57. The minimum absolute atomic E-state index is 0.0585. The van der Waals surface area contributed by atoms with Crippen molar-refractivity contribution in [3.05, 3.63) is 23.5 Å². The Labute approximate surface area is 151 Å². The molecule has 136 valence electrons. The number of fused-ring (bicyclic) bond motifs is 1. The first-order chi connectivity index (χ1) is 12.0. The molecule has 2 aromatic heterocycles. The molecule has 0 radical (unpaired) electrons. The van der Waals surface area contributed by atoms with E-state index in [0.717, 1.165) is 17.1 Å². The number of carbonyl (C=O) groups is 2. The van der Waals surface area contributed by atoms with Gasteiger partial charge in [-0.05, 0) is 12.3 Å². The van der Waals surface area contributed by atoms with E-state index in [1.807, 2.05) is 40.9 Å². The van der Waals surface area contributed by atoms with Crippen molar-refractivity contribution in [3.63, 3.8) is 0 Å². The molecule has 0 aromatic carbocycles. The standard InChI is InChI=1S/C17H24N4O3S/c1-13(2)12-24-17(23)20-5-3-4-19(6-7-20)15(22)10-14-11-21-8-9-25-16(21)18-14/h8-9,11,13H,3-7,10,12H2,1-2H3. The molecule has 0 saturated carbocycles. The maximum absolute atomic E-state index is 12.6. The zero-order chi connectivity index (χ0) is 17.8.